The molecule has 1 saturated carbocycles. The molecule has 1 N–H and O–H groups in total. The molecule has 0 unspecified atom stereocenters. The van der Waals surface area contributed by atoms with Gasteiger partial charge in [-0.25, -0.2) is 13.6 Å². The molecule has 51 heavy (non-hydrogen) atoms. The molecule has 2 saturated heterocycles. The van der Waals surface area contributed by atoms with E-state index in [1.165, 1.54) is 19.4 Å². The summed E-state index contributed by atoms with van der Waals surface area (Å²) < 4.78 is 54.7. The van der Waals surface area contributed by atoms with E-state index in [0.717, 1.165) is 12.8 Å². The quantitative estimate of drug-likeness (QED) is 0.181. The minimum absolute atomic E-state index is 0.0568. The molecule has 3 fully saturated rings. The van der Waals surface area contributed by atoms with E-state index in [4.69, 9.17) is 23.9 Å². The fourth-order valence-corrected chi connectivity index (χ4v) is 7.21. The number of carboxylic acid groups (broad SMARTS) is 1. The Kier molecular flexibility index (Phi) is 8.85. The molecule has 2 aliphatic heterocycles. The number of fused-ring (bicyclic) bond motifs is 4. The highest BCUT2D eigenvalue weighted by atomic mass is 19.1. The van der Waals surface area contributed by atoms with E-state index in [-0.39, 0.29) is 48.8 Å². The van der Waals surface area contributed by atoms with E-state index in [0.29, 0.717) is 71.2 Å². The fraction of sp³-hybridized carbons (Fsp3) is 0.486. The summed E-state index contributed by atoms with van der Waals surface area (Å²) in [5.41, 5.74) is -1.15. The van der Waals surface area contributed by atoms with Crippen LogP contribution in [0.15, 0.2) is 30.5 Å². The summed E-state index contributed by atoms with van der Waals surface area (Å²) in [5.74, 6) is -1.45. The number of carbonyl (C=O) groups is 2. The average molecular weight is 706 g/mol. The van der Waals surface area contributed by atoms with Crippen LogP contribution in [0.25, 0.3) is 32.9 Å². The van der Waals surface area contributed by atoms with Gasteiger partial charge in [-0.05, 0) is 87.4 Å². The lowest BCUT2D eigenvalue weighted by Crippen LogP contribution is -2.57. The second-order valence-electron chi connectivity index (χ2n) is 14.6. The van der Waals surface area contributed by atoms with Gasteiger partial charge in [0, 0.05) is 32.0 Å². The Hall–Kier alpha value is -4.85. The Labute approximate surface area is 293 Å². The van der Waals surface area contributed by atoms with Crippen LogP contribution >= 0.6 is 0 Å². The minimum atomic E-state index is -1.04. The van der Waals surface area contributed by atoms with E-state index in [1.807, 2.05) is 32.6 Å². The van der Waals surface area contributed by atoms with Crippen LogP contribution in [-0.4, -0.2) is 88.3 Å². The summed E-state index contributed by atoms with van der Waals surface area (Å²) in [6, 6.07) is 5.81. The molecule has 0 spiro atoms. The number of aliphatic carboxylic acids is 1. The van der Waals surface area contributed by atoms with Crippen LogP contribution in [0.2, 0.25) is 0 Å². The summed E-state index contributed by atoms with van der Waals surface area (Å²) in [5, 5.41) is 11.2. The molecular weight excluding hydrogens is 664 g/mol. The molecule has 3 aliphatic rings. The van der Waals surface area contributed by atoms with E-state index < -0.39 is 28.6 Å². The number of aromatic nitrogens is 3. The number of ether oxygens (including phenoxy) is 4. The molecule has 2 aromatic heterocycles. The highest BCUT2D eigenvalue weighted by molar-refractivity contribution is 6.02. The fourth-order valence-electron chi connectivity index (χ4n) is 7.21. The zero-order valence-electron chi connectivity index (χ0n) is 29.3. The van der Waals surface area contributed by atoms with E-state index >= 15 is 8.78 Å². The number of rotatable bonds is 10. The number of pyridine rings is 1. The van der Waals surface area contributed by atoms with Crippen molar-refractivity contribution in [3.8, 4) is 23.0 Å². The van der Waals surface area contributed by atoms with Gasteiger partial charge < -0.3 is 29.0 Å². The van der Waals surface area contributed by atoms with Crippen molar-refractivity contribution < 1.29 is 42.4 Å². The van der Waals surface area contributed by atoms with Gasteiger partial charge in [0.15, 0.2) is 12.6 Å². The van der Waals surface area contributed by atoms with E-state index in [2.05, 4.69) is 9.97 Å². The number of nitrogens with zero attached hydrogens (tertiary/aromatic N) is 5. The molecule has 1 aliphatic carbocycles. The zero-order chi connectivity index (χ0) is 36.2. The number of piperazine rings is 1. The number of amides is 1. The third-order valence-corrected chi connectivity index (χ3v) is 9.91. The van der Waals surface area contributed by atoms with Crippen LogP contribution in [0.4, 0.5) is 19.4 Å². The molecule has 1 amide bonds. The van der Waals surface area contributed by atoms with Crippen LogP contribution in [0.3, 0.4) is 0 Å². The predicted molar refractivity (Wildman–Crippen MR) is 184 cm³/mol. The second kappa shape index (κ2) is 13.0. The first kappa shape index (κ1) is 34.6. The molecule has 14 heteroatoms. The van der Waals surface area contributed by atoms with Gasteiger partial charge in [-0.2, -0.15) is 9.97 Å². The SMILES string of the molecule is CCc1c(F)ccc2cc(OCOC)cc(-c3ncc4c(N5C[C@H]6CC[C@@H](C5)N6C(=O)OC(C)(C)C)nc(OCC5(C(=O)O)CC5)nc4c3F)c12. The van der Waals surface area contributed by atoms with Crippen molar-refractivity contribution in [1.29, 1.82) is 0 Å². The largest absolute Gasteiger partial charge is 0.481 e. The smallest absolute Gasteiger partial charge is 0.410 e. The first-order chi connectivity index (χ1) is 24.3. The number of hydrogen-bond donors (Lipinski definition) is 1. The van der Waals surface area contributed by atoms with Gasteiger partial charge >= 0.3 is 18.1 Å². The van der Waals surface area contributed by atoms with Crippen molar-refractivity contribution in [2.75, 3.05) is 38.5 Å². The monoisotopic (exact) mass is 705 g/mol. The first-order valence-corrected chi connectivity index (χ1v) is 17.2. The lowest BCUT2D eigenvalue weighted by Gasteiger charge is -2.42. The van der Waals surface area contributed by atoms with Crippen molar-refractivity contribution in [1.82, 2.24) is 19.9 Å². The highest BCUT2D eigenvalue weighted by Crippen LogP contribution is 2.46. The molecule has 0 radical (unpaired) electrons. The Morgan fingerprint density at radius 1 is 1.06 bits per heavy atom. The van der Waals surface area contributed by atoms with Crippen LogP contribution in [0.1, 0.15) is 58.9 Å². The summed E-state index contributed by atoms with van der Waals surface area (Å²) >= 11 is 0. The molecule has 4 aromatic rings. The van der Waals surface area contributed by atoms with Crippen molar-refractivity contribution >= 4 is 39.6 Å². The van der Waals surface area contributed by atoms with Crippen molar-refractivity contribution in [2.24, 2.45) is 5.41 Å². The molecule has 4 heterocycles. The molecule has 270 valence electrons. The molecule has 2 aromatic carbocycles. The van der Waals surface area contributed by atoms with Crippen LogP contribution in [-0.2, 0) is 20.7 Å². The van der Waals surface area contributed by atoms with Crippen LogP contribution in [0.5, 0.6) is 11.8 Å². The molecule has 12 nitrogen and oxygen atoms in total. The Balaban J connectivity index is 1.35. The molecule has 2 bridgehead atoms. The van der Waals surface area contributed by atoms with Gasteiger partial charge in [0.2, 0.25) is 0 Å². The van der Waals surface area contributed by atoms with E-state index in [1.54, 1.807) is 23.1 Å². The van der Waals surface area contributed by atoms with Crippen LogP contribution in [0, 0.1) is 17.0 Å². The summed E-state index contributed by atoms with van der Waals surface area (Å²) in [6.07, 6.45) is 3.88. The number of halogens is 2. The maximum absolute atomic E-state index is 17.1. The number of hydrogen-bond acceptors (Lipinski definition) is 10. The number of carbonyl (C=O) groups excluding carboxylic acids is 1. The van der Waals surface area contributed by atoms with Gasteiger partial charge in [0.1, 0.15) is 46.2 Å². The second-order valence-corrected chi connectivity index (χ2v) is 14.6. The lowest BCUT2D eigenvalue weighted by atomic mass is 9.94. The number of carboxylic acids is 1. The average Bonchev–Trinajstić information content (AvgIpc) is 3.84. The number of aryl methyl sites for hydroxylation is 1. The summed E-state index contributed by atoms with van der Waals surface area (Å²) in [6.45, 7) is 7.87. The Morgan fingerprint density at radius 3 is 2.41 bits per heavy atom. The predicted octanol–water partition coefficient (Wildman–Crippen LogP) is 6.50. The lowest BCUT2D eigenvalue weighted by molar-refractivity contribution is -0.144. The molecular formula is C37H41F2N5O7. The van der Waals surface area contributed by atoms with Gasteiger partial charge in [-0.3, -0.25) is 14.7 Å². The maximum Gasteiger partial charge on any atom is 0.410 e. The van der Waals surface area contributed by atoms with Gasteiger partial charge in [-0.15, -0.1) is 0 Å². The third kappa shape index (κ3) is 6.45. The van der Waals surface area contributed by atoms with Gasteiger partial charge in [-0.1, -0.05) is 13.0 Å². The van der Waals surface area contributed by atoms with Gasteiger partial charge in [0.25, 0.3) is 0 Å². The standard InChI is InChI=1S/C37H41F2N5O7/c1-6-24-27(38)10-7-20-13-23(50-19-48-5)14-25(28(20)24)30-29(39)31-26(15-40-30)32(42-34(41-31)49-18-37(11-12-37)33(45)46)43-16-21-8-9-22(17-43)44(21)35(47)51-36(2,3)4/h7,10,13-15,21-22H,6,8-9,11-12,16-19H2,1-5H3,(H,45,46)/t21-,22+. The van der Waals surface area contributed by atoms with Gasteiger partial charge in [0.05, 0.1) is 17.5 Å². The zero-order valence-corrected chi connectivity index (χ0v) is 29.3. The summed E-state index contributed by atoms with van der Waals surface area (Å²) in [7, 11) is 1.48. The Bertz CT molecular complexity index is 2020. The normalized spacial score (nSPS) is 19.4. The van der Waals surface area contributed by atoms with Crippen LogP contribution < -0.4 is 14.4 Å². The minimum Gasteiger partial charge on any atom is -0.481 e. The highest BCUT2D eigenvalue weighted by Gasteiger charge is 2.51. The molecule has 7 rings (SSSR count). The third-order valence-electron chi connectivity index (χ3n) is 9.91. The summed E-state index contributed by atoms with van der Waals surface area (Å²) in [4.78, 5) is 42.6. The van der Waals surface area contributed by atoms with Crippen molar-refractivity contribution in [3.63, 3.8) is 0 Å². The topological polar surface area (TPSA) is 136 Å². The maximum atomic E-state index is 17.1. The first-order valence-electron chi connectivity index (χ1n) is 17.2. The Morgan fingerprint density at radius 2 is 1.78 bits per heavy atom. The van der Waals surface area contributed by atoms with Crippen molar-refractivity contribution in [2.45, 2.75) is 77.5 Å². The number of methoxy groups -OCH3 is 1. The number of benzene rings is 2. The van der Waals surface area contributed by atoms with Crippen molar-refractivity contribution in [3.05, 3.63) is 47.7 Å². The number of anilines is 1. The van der Waals surface area contributed by atoms with E-state index in [9.17, 15) is 14.7 Å². The molecule has 2 atom stereocenters.